The van der Waals surface area contributed by atoms with Crippen LogP contribution >= 0.6 is 0 Å². The maximum absolute atomic E-state index is 14.0. The second-order valence-electron chi connectivity index (χ2n) is 6.59. The monoisotopic (exact) mass is 392 g/mol. The van der Waals surface area contributed by atoms with Crippen LogP contribution in [0.15, 0.2) is 60.1 Å². The van der Waals surface area contributed by atoms with Gasteiger partial charge >= 0.3 is 0 Å². The minimum absolute atomic E-state index is 0.0348. The molecule has 5 heteroatoms. The summed E-state index contributed by atoms with van der Waals surface area (Å²) in [4.78, 5) is 0. The molecular formula is C23H30F2O3. The van der Waals surface area contributed by atoms with Crippen LogP contribution in [0.4, 0.5) is 8.78 Å². The zero-order valence-electron chi connectivity index (χ0n) is 17.0. The van der Waals surface area contributed by atoms with E-state index in [2.05, 4.69) is 18.7 Å². The number of halogens is 2. The number of hydrogen-bond donors (Lipinski definition) is 0. The van der Waals surface area contributed by atoms with Gasteiger partial charge in [-0.25, -0.2) is 0 Å². The smallest absolute Gasteiger partial charge is 0.199 e. The molecule has 0 bridgehead atoms. The Morgan fingerprint density at radius 3 is 2.29 bits per heavy atom. The van der Waals surface area contributed by atoms with Crippen LogP contribution in [0, 0.1) is 0 Å². The number of methoxy groups -OCH3 is 1. The average molecular weight is 392 g/mol. The predicted octanol–water partition coefficient (Wildman–Crippen LogP) is 6.48. The van der Waals surface area contributed by atoms with Gasteiger partial charge in [-0.15, -0.1) is 6.58 Å². The van der Waals surface area contributed by atoms with Gasteiger partial charge in [-0.05, 0) is 24.0 Å². The number of allylic oxidation sites excluding steroid dienone is 4. The molecule has 1 heterocycles. The Balaban J connectivity index is 0.00000136. The lowest BCUT2D eigenvalue weighted by Crippen LogP contribution is -2.22. The topological polar surface area (TPSA) is 27.7 Å². The van der Waals surface area contributed by atoms with Gasteiger partial charge in [-0.3, -0.25) is 0 Å². The van der Waals surface area contributed by atoms with E-state index in [0.29, 0.717) is 25.4 Å². The van der Waals surface area contributed by atoms with Crippen molar-refractivity contribution in [3.63, 3.8) is 0 Å². The summed E-state index contributed by atoms with van der Waals surface area (Å²) in [6.07, 6.45) is 4.66. The molecule has 2 atom stereocenters. The summed E-state index contributed by atoms with van der Waals surface area (Å²) in [5.74, 6) is -1.46. The van der Waals surface area contributed by atoms with E-state index in [1.165, 1.54) is 12.7 Å². The van der Waals surface area contributed by atoms with Crippen molar-refractivity contribution >= 4 is 0 Å². The van der Waals surface area contributed by atoms with E-state index in [0.717, 1.165) is 18.4 Å². The molecule has 28 heavy (non-hydrogen) atoms. The molecule has 3 nitrogen and oxygen atoms in total. The summed E-state index contributed by atoms with van der Waals surface area (Å²) in [6.45, 7) is 8.67. The van der Waals surface area contributed by atoms with Gasteiger partial charge in [-0.1, -0.05) is 44.2 Å². The SMILES string of the molecule is C=CC1CCC(c2ccc(COC3=C(F)C(F)=C(OC)CC3)cc2)CO1.CC. The van der Waals surface area contributed by atoms with Crippen molar-refractivity contribution in [1.82, 2.24) is 0 Å². The van der Waals surface area contributed by atoms with Gasteiger partial charge in [0, 0.05) is 18.8 Å². The van der Waals surface area contributed by atoms with Crippen LogP contribution in [0.2, 0.25) is 0 Å². The van der Waals surface area contributed by atoms with Crippen LogP contribution < -0.4 is 0 Å². The van der Waals surface area contributed by atoms with Crippen LogP contribution in [0.1, 0.15) is 56.6 Å². The molecule has 3 rings (SSSR count). The van der Waals surface area contributed by atoms with Gasteiger partial charge in [0.15, 0.2) is 11.7 Å². The van der Waals surface area contributed by atoms with E-state index in [1.807, 2.05) is 32.1 Å². The van der Waals surface area contributed by atoms with E-state index in [9.17, 15) is 8.78 Å². The van der Waals surface area contributed by atoms with E-state index >= 15 is 0 Å². The normalized spacial score (nSPS) is 22.3. The summed E-state index contributed by atoms with van der Waals surface area (Å²) >= 11 is 0. The first-order valence-electron chi connectivity index (χ1n) is 9.89. The lowest BCUT2D eigenvalue weighted by Gasteiger charge is -2.27. The standard InChI is InChI=1S/C21H24F2O3.C2H6/c1-3-17-9-8-16(13-25-17)15-6-4-14(5-7-15)12-26-19-11-10-18(24-2)20(22)21(19)23;1-2/h3-7,16-17H,1,8-13H2,2H3;1-2H3. The van der Waals surface area contributed by atoms with Gasteiger partial charge in [0.2, 0.25) is 0 Å². The van der Waals surface area contributed by atoms with E-state index in [4.69, 9.17) is 14.2 Å². The summed E-state index contributed by atoms with van der Waals surface area (Å²) < 4.78 is 43.8. The van der Waals surface area contributed by atoms with Crippen molar-refractivity contribution < 1.29 is 23.0 Å². The highest BCUT2D eigenvalue weighted by molar-refractivity contribution is 5.30. The second kappa shape index (κ2) is 11.0. The quantitative estimate of drug-likeness (QED) is 0.519. The minimum atomic E-state index is -0.959. The minimum Gasteiger partial charge on any atom is -0.498 e. The molecule has 0 radical (unpaired) electrons. The van der Waals surface area contributed by atoms with Gasteiger partial charge < -0.3 is 14.2 Å². The first-order chi connectivity index (χ1) is 13.6. The molecule has 0 N–H and O–H groups in total. The van der Waals surface area contributed by atoms with Gasteiger partial charge in [-0.2, -0.15) is 8.78 Å². The van der Waals surface area contributed by atoms with Crippen LogP contribution in [0.3, 0.4) is 0 Å². The lowest BCUT2D eigenvalue weighted by molar-refractivity contribution is 0.0329. The molecule has 1 saturated heterocycles. The number of rotatable bonds is 6. The molecule has 154 valence electrons. The third kappa shape index (κ3) is 5.44. The highest BCUT2D eigenvalue weighted by Crippen LogP contribution is 2.34. The third-order valence-electron chi connectivity index (χ3n) is 4.95. The largest absolute Gasteiger partial charge is 0.498 e. The van der Waals surface area contributed by atoms with Crippen molar-refractivity contribution in [2.75, 3.05) is 13.7 Å². The lowest BCUT2D eigenvalue weighted by atomic mass is 9.91. The molecule has 1 aromatic carbocycles. The van der Waals surface area contributed by atoms with Gasteiger partial charge in [0.1, 0.15) is 18.1 Å². The molecule has 2 unspecified atom stereocenters. The van der Waals surface area contributed by atoms with Crippen LogP contribution in [0.25, 0.3) is 0 Å². The maximum atomic E-state index is 14.0. The Labute approximate surface area is 166 Å². The van der Waals surface area contributed by atoms with Gasteiger partial charge in [0.05, 0.1) is 19.8 Å². The molecule has 1 aromatic rings. The van der Waals surface area contributed by atoms with E-state index < -0.39 is 11.7 Å². The van der Waals surface area contributed by atoms with Crippen molar-refractivity contribution in [1.29, 1.82) is 0 Å². The fourth-order valence-corrected chi connectivity index (χ4v) is 3.30. The first kappa shape index (κ1) is 22.2. The molecule has 1 aliphatic heterocycles. The van der Waals surface area contributed by atoms with Gasteiger partial charge in [0.25, 0.3) is 0 Å². The summed E-state index contributed by atoms with van der Waals surface area (Å²) in [7, 11) is 1.34. The molecule has 0 saturated carbocycles. The molecule has 1 fully saturated rings. The van der Waals surface area contributed by atoms with E-state index in [1.54, 1.807) is 0 Å². The Morgan fingerprint density at radius 2 is 1.71 bits per heavy atom. The van der Waals surface area contributed by atoms with Crippen LogP contribution in [-0.4, -0.2) is 19.8 Å². The summed E-state index contributed by atoms with van der Waals surface area (Å²) in [5, 5.41) is 0. The maximum Gasteiger partial charge on any atom is 0.199 e. The summed E-state index contributed by atoms with van der Waals surface area (Å²) in [6, 6.07) is 8.03. The van der Waals surface area contributed by atoms with Crippen LogP contribution in [-0.2, 0) is 20.8 Å². The average Bonchev–Trinajstić information content (AvgIpc) is 2.77. The number of hydrogen-bond acceptors (Lipinski definition) is 3. The number of ether oxygens (including phenoxy) is 3. The van der Waals surface area contributed by atoms with Crippen molar-refractivity contribution in [2.24, 2.45) is 0 Å². The van der Waals surface area contributed by atoms with Crippen LogP contribution in [0.5, 0.6) is 0 Å². The fraction of sp³-hybridized carbons (Fsp3) is 0.478. The number of benzene rings is 1. The first-order valence-corrected chi connectivity index (χ1v) is 9.89. The van der Waals surface area contributed by atoms with Crippen molar-refractivity contribution in [3.05, 3.63) is 71.2 Å². The highest BCUT2D eigenvalue weighted by atomic mass is 19.2. The Kier molecular flexibility index (Phi) is 8.71. The van der Waals surface area contributed by atoms with Crippen molar-refractivity contribution in [3.8, 4) is 0 Å². The Hall–Kier alpha value is -2.14. The predicted molar refractivity (Wildman–Crippen MR) is 107 cm³/mol. The Morgan fingerprint density at radius 1 is 1.07 bits per heavy atom. The van der Waals surface area contributed by atoms with Crippen molar-refractivity contribution in [2.45, 2.75) is 58.2 Å². The molecular weight excluding hydrogens is 362 g/mol. The highest BCUT2D eigenvalue weighted by Gasteiger charge is 2.24. The molecule has 0 aromatic heterocycles. The zero-order chi connectivity index (χ0) is 20.5. The van der Waals surface area contributed by atoms with E-state index in [-0.39, 0.29) is 24.2 Å². The molecule has 0 amide bonds. The summed E-state index contributed by atoms with van der Waals surface area (Å²) in [5.41, 5.74) is 2.13. The second-order valence-corrected chi connectivity index (χ2v) is 6.59. The third-order valence-corrected chi connectivity index (χ3v) is 4.95. The zero-order valence-corrected chi connectivity index (χ0v) is 17.0. The molecule has 0 spiro atoms. The Bertz CT molecular complexity index is 699. The molecule has 2 aliphatic rings. The molecule has 1 aliphatic carbocycles. The fourth-order valence-electron chi connectivity index (χ4n) is 3.30.